The van der Waals surface area contributed by atoms with Crippen LogP contribution < -0.4 is 10.9 Å². The number of ether oxygens (including phenoxy) is 1. The molecule has 0 spiro atoms. The lowest BCUT2D eigenvalue weighted by atomic mass is 10.2. The smallest absolute Gasteiger partial charge is 0.255 e. The Hall–Kier alpha value is -2.51. The predicted molar refractivity (Wildman–Crippen MR) is 94.0 cm³/mol. The lowest BCUT2D eigenvalue weighted by Crippen LogP contribution is -2.26. The maximum Gasteiger partial charge on any atom is 0.255 e. The Morgan fingerprint density at radius 2 is 1.96 bits per heavy atom. The first kappa shape index (κ1) is 19.8. The third kappa shape index (κ3) is 6.42. The molecule has 2 heterocycles. The molecule has 140 valence electrons. The van der Waals surface area contributed by atoms with E-state index in [2.05, 4.69) is 5.32 Å². The minimum absolute atomic E-state index is 0.203. The second-order valence-electron chi connectivity index (χ2n) is 5.47. The Morgan fingerprint density at radius 1 is 1.15 bits per heavy atom. The Labute approximate surface area is 150 Å². The Kier molecular flexibility index (Phi) is 7.98. The molecule has 1 N–H and O–H groups in total. The van der Waals surface area contributed by atoms with Gasteiger partial charge in [0.2, 0.25) is 0 Å². The zero-order valence-electron chi connectivity index (χ0n) is 14.6. The molecule has 0 saturated heterocycles. The van der Waals surface area contributed by atoms with Gasteiger partial charge in [0.05, 0.1) is 19.4 Å². The van der Waals surface area contributed by atoms with E-state index in [1.165, 1.54) is 16.8 Å². The fourth-order valence-corrected chi connectivity index (χ4v) is 2.24. The average Bonchev–Trinajstić information content (AvgIpc) is 3.13. The summed E-state index contributed by atoms with van der Waals surface area (Å²) in [6.45, 7) is 3.57. The average molecular weight is 364 g/mol. The summed E-state index contributed by atoms with van der Waals surface area (Å²) in [6.07, 6.45) is 2.86. The van der Waals surface area contributed by atoms with Gasteiger partial charge in [0.1, 0.15) is 17.4 Å². The van der Waals surface area contributed by atoms with E-state index in [4.69, 9.17) is 9.15 Å². The van der Waals surface area contributed by atoms with Crippen LogP contribution in [0.15, 0.2) is 58.1 Å². The summed E-state index contributed by atoms with van der Waals surface area (Å²) in [5.41, 5.74) is -0.0183. The number of aromatic nitrogens is 1. The summed E-state index contributed by atoms with van der Waals surface area (Å²) < 4.78 is 39.1. The summed E-state index contributed by atoms with van der Waals surface area (Å²) >= 11 is 0. The van der Waals surface area contributed by atoms with Gasteiger partial charge in [-0.05, 0) is 37.3 Å². The SMILES string of the molecule is CCOCCn1ccc(F)cc(F)ccc(CNCc2ccco2)c1=O. The Balaban J connectivity index is 2.32. The van der Waals surface area contributed by atoms with Gasteiger partial charge in [-0.1, -0.05) is 0 Å². The van der Waals surface area contributed by atoms with Gasteiger partial charge in [-0.15, -0.1) is 0 Å². The molecule has 0 aliphatic carbocycles. The number of hydrogen-bond donors (Lipinski definition) is 1. The van der Waals surface area contributed by atoms with Crippen molar-refractivity contribution in [1.29, 1.82) is 0 Å². The molecule has 5 nitrogen and oxygen atoms in total. The highest BCUT2D eigenvalue weighted by Crippen LogP contribution is 2.01. The van der Waals surface area contributed by atoms with Crippen molar-refractivity contribution in [2.45, 2.75) is 26.6 Å². The zero-order valence-corrected chi connectivity index (χ0v) is 14.6. The van der Waals surface area contributed by atoms with E-state index in [1.807, 2.05) is 6.92 Å². The number of furan rings is 1. The first-order valence-electron chi connectivity index (χ1n) is 8.33. The van der Waals surface area contributed by atoms with E-state index in [1.54, 1.807) is 18.4 Å². The molecule has 0 aliphatic rings. The van der Waals surface area contributed by atoms with Gasteiger partial charge in [-0.3, -0.25) is 4.79 Å². The van der Waals surface area contributed by atoms with Crippen molar-refractivity contribution in [2.75, 3.05) is 13.2 Å². The molecule has 26 heavy (non-hydrogen) atoms. The minimum Gasteiger partial charge on any atom is -0.468 e. The van der Waals surface area contributed by atoms with Crippen LogP contribution in [0.2, 0.25) is 0 Å². The topological polar surface area (TPSA) is 56.4 Å². The number of nitrogens with one attached hydrogen (secondary N) is 1. The molecule has 7 heteroatoms. The van der Waals surface area contributed by atoms with E-state index < -0.39 is 11.6 Å². The zero-order chi connectivity index (χ0) is 18.8. The van der Waals surface area contributed by atoms with Crippen LogP contribution in [-0.4, -0.2) is 17.8 Å². The molecule has 0 unspecified atom stereocenters. The van der Waals surface area contributed by atoms with Crippen LogP contribution in [0.3, 0.4) is 0 Å². The summed E-state index contributed by atoms with van der Waals surface area (Å²) in [5.74, 6) is -0.829. The molecule has 0 atom stereocenters. The van der Waals surface area contributed by atoms with E-state index in [9.17, 15) is 13.6 Å². The maximum absolute atomic E-state index is 13.7. The fraction of sp³-hybridized carbons (Fsp3) is 0.316. The number of halogens is 2. The van der Waals surface area contributed by atoms with E-state index in [-0.39, 0.29) is 18.6 Å². The molecule has 0 bridgehead atoms. The molecule has 0 aromatic carbocycles. The van der Waals surface area contributed by atoms with Crippen LogP contribution in [0, 0.1) is 11.6 Å². The molecular formula is C19H22F2N2O3. The standard InChI is InChI=1S/C19H22F2N2O3/c1-2-25-11-9-23-8-7-17(21)12-16(20)6-5-15(19(23)24)13-22-14-18-4-3-10-26-18/h3-8,10,12,22H,2,9,11,13-14H2,1H3. The van der Waals surface area contributed by atoms with Crippen molar-refractivity contribution in [3.05, 3.63) is 82.2 Å². The van der Waals surface area contributed by atoms with Crippen molar-refractivity contribution in [3.8, 4) is 0 Å². The van der Waals surface area contributed by atoms with Gasteiger partial charge >= 0.3 is 0 Å². The molecule has 2 aromatic rings. The summed E-state index contributed by atoms with van der Waals surface area (Å²) in [4.78, 5) is 12.8. The first-order chi connectivity index (χ1) is 12.6. The van der Waals surface area contributed by atoms with Crippen LogP contribution in [0.25, 0.3) is 0 Å². The summed E-state index contributed by atoms with van der Waals surface area (Å²) in [6, 6.07) is 7.81. The Bertz CT molecular complexity index is 803. The van der Waals surface area contributed by atoms with Gasteiger partial charge < -0.3 is 19.0 Å². The minimum atomic E-state index is -0.777. The maximum atomic E-state index is 13.7. The third-order valence-corrected chi connectivity index (χ3v) is 3.54. The highest BCUT2D eigenvalue weighted by atomic mass is 19.1. The highest BCUT2D eigenvalue weighted by Gasteiger charge is 2.03. The molecule has 0 radical (unpaired) electrons. The van der Waals surface area contributed by atoms with Crippen LogP contribution in [0.1, 0.15) is 18.2 Å². The molecule has 2 aromatic heterocycles. The monoisotopic (exact) mass is 364 g/mol. The first-order valence-corrected chi connectivity index (χ1v) is 8.33. The van der Waals surface area contributed by atoms with Gasteiger partial charge in [0, 0.05) is 37.5 Å². The van der Waals surface area contributed by atoms with Gasteiger partial charge in [0.15, 0.2) is 0 Å². The van der Waals surface area contributed by atoms with Crippen LogP contribution in [-0.2, 0) is 24.4 Å². The quantitative estimate of drug-likeness (QED) is 0.731. The highest BCUT2D eigenvalue weighted by molar-refractivity contribution is 5.11. The molecule has 0 saturated carbocycles. The molecule has 0 fully saturated rings. The van der Waals surface area contributed by atoms with Crippen LogP contribution in [0.4, 0.5) is 8.78 Å². The third-order valence-electron chi connectivity index (χ3n) is 3.54. The number of nitrogens with zero attached hydrogens (tertiary/aromatic N) is 1. The van der Waals surface area contributed by atoms with Crippen molar-refractivity contribution in [1.82, 2.24) is 9.88 Å². The molecular weight excluding hydrogens is 342 g/mol. The van der Waals surface area contributed by atoms with E-state index >= 15 is 0 Å². The van der Waals surface area contributed by atoms with Crippen LogP contribution >= 0.6 is 0 Å². The summed E-state index contributed by atoms with van der Waals surface area (Å²) in [7, 11) is 0. The lowest BCUT2D eigenvalue weighted by Gasteiger charge is -2.07. The van der Waals surface area contributed by atoms with Gasteiger partial charge in [-0.2, -0.15) is 0 Å². The van der Waals surface area contributed by atoms with Gasteiger partial charge in [-0.25, -0.2) is 8.78 Å². The lowest BCUT2D eigenvalue weighted by molar-refractivity contribution is 0.138. The molecule has 0 aliphatic heterocycles. The largest absolute Gasteiger partial charge is 0.468 e. The van der Waals surface area contributed by atoms with Crippen molar-refractivity contribution in [3.63, 3.8) is 0 Å². The normalized spacial score (nSPS) is 10.6. The second-order valence-corrected chi connectivity index (χ2v) is 5.47. The summed E-state index contributed by atoms with van der Waals surface area (Å²) in [5, 5.41) is 3.08. The molecule has 2 rings (SSSR count). The van der Waals surface area contributed by atoms with E-state index in [0.717, 1.165) is 24.0 Å². The van der Waals surface area contributed by atoms with Crippen molar-refractivity contribution < 1.29 is 17.9 Å². The van der Waals surface area contributed by atoms with Gasteiger partial charge in [0.25, 0.3) is 5.56 Å². The molecule has 0 amide bonds. The van der Waals surface area contributed by atoms with Crippen molar-refractivity contribution >= 4 is 0 Å². The predicted octanol–water partition coefficient (Wildman–Crippen LogP) is 3.17. The Morgan fingerprint density at radius 3 is 2.69 bits per heavy atom. The fourth-order valence-electron chi connectivity index (χ4n) is 2.24. The van der Waals surface area contributed by atoms with E-state index in [0.29, 0.717) is 25.3 Å². The number of hydrogen-bond acceptors (Lipinski definition) is 4. The second kappa shape index (κ2) is 10.5. The van der Waals surface area contributed by atoms with Crippen molar-refractivity contribution in [2.24, 2.45) is 0 Å². The number of rotatable bonds is 8. The van der Waals surface area contributed by atoms with Crippen LogP contribution in [0.5, 0.6) is 0 Å².